The van der Waals surface area contributed by atoms with Crippen LogP contribution in [-0.2, 0) is 30.2 Å². The molecule has 0 unspecified atom stereocenters. The molecule has 6 nitrogen and oxygen atoms in total. The lowest BCUT2D eigenvalue weighted by Crippen LogP contribution is -2.38. The predicted octanol–water partition coefficient (Wildman–Crippen LogP) is 3.19. The van der Waals surface area contributed by atoms with E-state index in [-0.39, 0.29) is 24.6 Å². The van der Waals surface area contributed by atoms with Crippen molar-refractivity contribution in [3.05, 3.63) is 53.2 Å². The fourth-order valence-electron chi connectivity index (χ4n) is 3.40. The van der Waals surface area contributed by atoms with E-state index in [4.69, 9.17) is 14.2 Å². The van der Waals surface area contributed by atoms with Crippen LogP contribution in [0.5, 0.6) is 0 Å². The molecule has 6 heteroatoms. The summed E-state index contributed by atoms with van der Waals surface area (Å²) in [5.74, 6) is -1.20. The molecular formula is C21H23NO5. The van der Waals surface area contributed by atoms with Gasteiger partial charge in [0, 0.05) is 5.39 Å². The number of hydrogen-bond donors (Lipinski definition) is 0. The molecule has 0 aliphatic carbocycles. The second kappa shape index (κ2) is 8.22. The van der Waals surface area contributed by atoms with Gasteiger partial charge in [0.15, 0.2) is 0 Å². The number of fused-ring (bicyclic) bond motifs is 1. The molecule has 2 aromatic rings. The third kappa shape index (κ3) is 3.53. The Labute approximate surface area is 158 Å². The minimum atomic E-state index is -0.605. The van der Waals surface area contributed by atoms with Crippen LogP contribution in [0.2, 0.25) is 0 Å². The largest absolute Gasteiger partial charge is 0.466 e. The van der Waals surface area contributed by atoms with E-state index < -0.39 is 11.9 Å². The number of aryl methyl sites for hydroxylation is 1. The van der Waals surface area contributed by atoms with E-state index in [1.807, 2.05) is 24.3 Å². The lowest BCUT2D eigenvalue weighted by Gasteiger charge is -2.32. The summed E-state index contributed by atoms with van der Waals surface area (Å²) in [6.07, 6.45) is 2.00. The van der Waals surface area contributed by atoms with Crippen LogP contribution in [0, 0.1) is 0 Å². The van der Waals surface area contributed by atoms with Crippen molar-refractivity contribution in [2.24, 2.45) is 0 Å². The monoisotopic (exact) mass is 369 g/mol. The van der Waals surface area contributed by atoms with Crippen LogP contribution in [0.3, 0.4) is 0 Å². The first-order chi connectivity index (χ1) is 13.1. The number of hydrogen-bond acceptors (Lipinski definition) is 6. The van der Waals surface area contributed by atoms with Crippen molar-refractivity contribution >= 4 is 28.4 Å². The third-order valence-corrected chi connectivity index (χ3v) is 4.63. The van der Waals surface area contributed by atoms with Gasteiger partial charge in [0.1, 0.15) is 12.4 Å². The maximum atomic E-state index is 12.5. The van der Waals surface area contributed by atoms with Gasteiger partial charge in [-0.2, -0.15) is 0 Å². The van der Waals surface area contributed by atoms with Crippen LogP contribution < -0.4 is 4.90 Å². The number of benzene rings is 2. The lowest BCUT2D eigenvalue weighted by atomic mass is 9.98. The van der Waals surface area contributed by atoms with E-state index in [9.17, 15) is 9.59 Å². The summed E-state index contributed by atoms with van der Waals surface area (Å²) >= 11 is 0. The molecule has 0 amide bonds. The van der Waals surface area contributed by atoms with Gasteiger partial charge in [-0.3, -0.25) is 0 Å². The molecular weight excluding hydrogens is 346 g/mol. The summed E-state index contributed by atoms with van der Waals surface area (Å²) in [6, 6.07) is 12.0. The molecule has 1 aliphatic heterocycles. The van der Waals surface area contributed by atoms with Crippen molar-refractivity contribution < 1.29 is 23.8 Å². The SMILES string of the molecule is CCCc1ccc(N2COCC(C(=O)OC)=C2C(=O)OC)c2ccccc12. The summed E-state index contributed by atoms with van der Waals surface area (Å²) in [6.45, 7) is 2.28. The molecule has 0 saturated carbocycles. The lowest BCUT2D eigenvalue weighted by molar-refractivity contribution is -0.140. The van der Waals surface area contributed by atoms with E-state index >= 15 is 0 Å². The van der Waals surface area contributed by atoms with Crippen molar-refractivity contribution in [3.63, 3.8) is 0 Å². The van der Waals surface area contributed by atoms with Crippen LogP contribution >= 0.6 is 0 Å². The summed E-state index contributed by atoms with van der Waals surface area (Å²) < 4.78 is 15.3. The Morgan fingerprint density at radius 3 is 2.41 bits per heavy atom. The zero-order valence-corrected chi connectivity index (χ0v) is 15.8. The molecule has 0 spiro atoms. The van der Waals surface area contributed by atoms with Gasteiger partial charge in [0.05, 0.1) is 32.1 Å². The molecule has 0 radical (unpaired) electrons. The highest BCUT2D eigenvalue weighted by atomic mass is 16.5. The minimum Gasteiger partial charge on any atom is -0.466 e. The first kappa shape index (κ1) is 18.9. The zero-order chi connectivity index (χ0) is 19.4. The van der Waals surface area contributed by atoms with Crippen molar-refractivity contribution in [3.8, 4) is 0 Å². The average molecular weight is 369 g/mol. The van der Waals surface area contributed by atoms with Crippen LogP contribution in [0.1, 0.15) is 18.9 Å². The van der Waals surface area contributed by atoms with E-state index in [1.165, 1.54) is 19.8 Å². The minimum absolute atomic E-state index is 0.000538. The van der Waals surface area contributed by atoms with Crippen molar-refractivity contribution in [1.29, 1.82) is 0 Å². The highest BCUT2D eigenvalue weighted by molar-refractivity contribution is 6.06. The Hall–Kier alpha value is -2.86. The van der Waals surface area contributed by atoms with Gasteiger partial charge in [0.2, 0.25) is 0 Å². The summed E-state index contributed by atoms with van der Waals surface area (Å²) in [4.78, 5) is 26.4. The van der Waals surface area contributed by atoms with Gasteiger partial charge in [-0.05, 0) is 23.4 Å². The normalized spacial score (nSPS) is 14.4. The maximum Gasteiger partial charge on any atom is 0.355 e. The van der Waals surface area contributed by atoms with Crippen molar-refractivity contribution in [1.82, 2.24) is 0 Å². The highest BCUT2D eigenvalue weighted by Gasteiger charge is 2.33. The molecule has 0 atom stereocenters. The molecule has 27 heavy (non-hydrogen) atoms. The van der Waals surface area contributed by atoms with Gasteiger partial charge in [-0.15, -0.1) is 0 Å². The topological polar surface area (TPSA) is 65.1 Å². The molecule has 3 rings (SSSR count). The number of carbonyl (C=O) groups is 2. The zero-order valence-electron chi connectivity index (χ0n) is 15.8. The van der Waals surface area contributed by atoms with Crippen LogP contribution in [-0.4, -0.2) is 39.5 Å². The molecule has 0 saturated heterocycles. The molecule has 0 fully saturated rings. The number of anilines is 1. The van der Waals surface area contributed by atoms with Gasteiger partial charge in [-0.25, -0.2) is 9.59 Å². The third-order valence-electron chi connectivity index (χ3n) is 4.63. The van der Waals surface area contributed by atoms with E-state index in [0.717, 1.165) is 29.3 Å². The average Bonchev–Trinajstić information content (AvgIpc) is 2.72. The molecule has 0 N–H and O–H groups in total. The van der Waals surface area contributed by atoms with Gasteiger partial charge in [0.25, 0.3) is 0 Å². The summed E-state index contributed by atoms with van der Waals surface area (Å²) in [7, 11) is 2.57. The van der Waals surface area contributed by atoms with Crippen LogP contribution in [0.15, 0.2) is 47.7 Å². The standard InChI is InChI=1S/C21H23NO5/c1-4-7-14-10-11-18(16-9-6-5-8-15(14)16)22-13-27-12-17(20(23)25-2)19(22)21(24)26-3/h5-6,8-11H,4,7,12-13H2,1-3H3. The van der Waals surface area contributed by atoms with Crippen molar-refractivity contribution in [2.75, 3.05) is 32.5 Å². The Bertz CT molecular complexity index is 903. The fraction of sp³-hybridized carbons (Fsp3) is 0.333. The second-order valence-electron chi connectivity index (χ2n) is 6.26. The number of ether oxygens (including phenoxy) is 3. The Balaban J connectivity index is 2.21. The molecule has 142 valence electrons. The molecule has 1 aliphatic rings. The number of methoxy groups -OCH3 is 2. The molecule has 2 aromatic carbocycles. The van der Waals surface area contributed by atoms with Crippen molar-refractivity contribution in [2.45, 2.75) is 19.8 Å². The smallest absolute Gasteiger partial charge is 0.355 e. The van der Waals surface area contributed by atoms with E-state index in [1.54, 1.807) is 4.90 Å². The maximum absolute atomic E-state index is 12.5. The number of rotatable bonds is 5. The quantitative estimate of drug-likeness (QED) is 0.754. The van der Waals surface area contributed by atoms with E-state index in [0.29, 0.717) is 0 Å². The predicted molar refractivity (Wildman–Crippen MR) is 102 cm³/mol. The van der Waals surface area contributed by atoms with Crippen LogP contribution in [0.25, 0.3) is 10.8 Å². The molecule has 0 bridgehead atoms. The summed E-state index contributed by atoms with van der Waals surface area (Å²) in [5, 5.41) is 2.10. The molecule has 1 heterocycles. The first-order valence-corrected chi connectivity index (χ1v) is 8.88. The van der Waals surface area contributed by atoms with Crippen LogP contribution in [0.4, 0.5) is 5.69 Å². The Morgan fingerprint density at radius 2 is 1.74 bits per heavy atom. The number of esters is 2. The van der Waals surface area contributed by atoms with Gasteiger partial charge in [-0.1, -0.05) is 43.7 Å². The Kier molecular flexibility index (Phi) is 5.76. The van der Waals surface area contributed by atoms with E-state index in [2.05, 4.69) is 19.1 Å². The second-order valence-corrected chi connectivity index (χ2v) is 6.26. The Morgan fingerprint density at radius 1 is 1.04 bits per heavy atom. The summed E-state index contributed by atoms with van der Waals surface area (Å²) in [5.41, 5.74) is 2.33. The van der Waals surface area contributed by atoms with Gasteiger partial charge >= 0.3 is 11.9 Å². The van der Waals surface area contributed by atoms with Gasteiger partial charge < -0.3 is 19.1 Å². The highest BCUT2D eigenvalue weighted by Crippen LogP contribution is 2.34. The first-order valence-electron chi connectivity index (χ1n) is 8.88. The fourth-order valence-corrected chi connectivity index (χ4v) is 3.40. The number of nitrogens with zero attached hydrogens (tertiary/aromatic N) is 1. The number of carbonyl (C=O) groups excluding carboxylic acids is 2. The molecule has 0 aromatic heterocycles.